The molecule has 7 aromatic rings. The van der Waals surface area contributed by atoms with Crippen molar-refractivity contribution < 1.29 is 14.2 Å². The fourth-order valence-corrected chi connectivity index (χ4v) is 10.3. The van der Waals surface area contributed by atoms with Gasteiger partial charge in [-0.3, -0.25) is 0 Å². The number of rotatable bonds is 10. The van der Waals surface area contributed by atoms with Crippen LogP contribution in [-0.2, 0) is 24.1 Å². The van der Waals surface area contributed by atoms with E-state index in [1.807, 2.05) is 12.1 Å². The third-order valence-electron chi connectivity index (χ3n) is 9.07. The zero-order valence-electron chi connectivity index (χ0n) is 28.9. The second kappa shape index (κ2) is 14.9. The van der Waals surface area contributed by atoms with Gasteiger partial charge in [0.25, 0.3) is 0 Å². The van der Waals surface area contributed by atoms with Crippen LogP contribution < -0.4 is 24.8 Å². The molecule has 9 rings (SSSR count). The highest BCUT2D eigenvalue weighted by atomic mass is 32.2. The van der Waals surface area contributed by atoms with Gasteiger partial charge in [-0.1, -0.05) is 59.9 Å². The molecule has 0 aliphatic carbocycles. The standard InChI is InChI=1S/C45H35N2O3S3/c1-48-32-12-18-35(19-13-32)53(36-20-14-33(15-21-36)49-28-30-10-24-44-40(26-30)46-38-6-2-4-8-42(38)51-44)37-22-16-34(17-23-37)50-29-31-11-25-45-41(27-31)47-39-7-3-5-9-43(39)52-45/h2-27,46-47H,28-29H2,1H3/q+1. The Kier molecular flexibility index (Phi) is 9.40. The van der Waals surface area contributed by atoms with Crippen molar-refractivity contribution in [1.82, 2.24) is 0 Å². The summed E-state index contributed by atoms with van der Waals surface area (Å²) in [6, 6.07) is 55.2. The second-order valence-corrected chi connectivity index (χ2v) is 16.8. The highest BCUT2D eigenvalue weighted by Gasteiger charge is 2.29. The van der Waals surface area contributed by atoms with Gasteiger partial charge in [-0.25, -0.2) is 0 Å². The van der Waals surface area contributed by atoms with Crippen molar-refractivity contribution in [2.75, 3.05) is 17.7 Å². The molecule has 5 nitrogen and oxygen atoms in total. The minimum absolute atomic E-state index is 0.349. The molecule has 0 fully saturated rings. The Morgan fingerprint density at radius 2 is 0.830 bits per heavy atom. The fourth-order valence-electron chi connectivity index (χ4n) is 6.35. The third kappa shape index (κ3) is 7.31. The summed E-state index contributed by atoms with van der Waals surface area (Å²) in [4.78, 5) is 8.53. The molecule has 0 bridgehead atoms. The molecule has 2 heterocycles. The van der Waals surface area contributed by atoms with E-state index in [9.17, 15) is 0 Å². The largest absolute Gasteiger partial charge is 0.497 e. The van der Waals surface area contributed by atoms with E-state index in [1.54, 1.807) is 30.6 Å². The molecule has 2 N–H and O–H groups in total. The van der Waals surface area contributed by atoms with Crippen molar-refractivity contribution >= 4 is 57.2 Å². The summed E-state index contributed by atoms with van der Waals surface area (Å²) in [5, 5.41) is 7.15. The Morgan fingerprint density at radius 3 is 1.26 bits per heavy atom. The molecule has 0 radical (unpaired) electrons. The maximum atomic E-state index is 6.28. The Morgan fingerprint density at radius 1 is 0.434 bits per heavy atom. The molecule has 0 spiro atoms. The molecule has 0 unspecified atom stereocenters. The van der Waals surface area contributed by atoms with Crippen LogP contribution in [0.15, 0.2) is 192 Å². The number of hydrogen-bond acceptors (Lipinski definition) is 7. The van der Waals surface area contributed by atoms with Gasteiger partial charge in [0.1, 0.15) is 30.5 Å². The van der Waals surface area contributed by atoms with Gasteiger partial charge in [-0.05, 0) is 132 Å². The molecule has 0 aromatic heterocycles. The Hall–Kier alpha value is -5.41. The highest BCUT2D eigenvalue weighted by molar-refractivity contribution is 8.00. The molecule has 2 aliphatic heterocycles. The molecule has 0 saturated heterocycles. The fraction of sp³-hybridized carbons (Fsp3) is 0.0667. The van der Waals surface area contributed by atoms with Crippen molar-refractivity contribution in [3.05, 3.63) is 169 Å². The number of hydrogen-bond donors (Lipinski definition) is 2. The Labute approximate surface area is 321 Å². The summed E-state index contributed by atoms with van der Waals surface area (Å²) < 4.78 is 18.0. The zero-order valence-corrected chi connectivity index (χ0v) is 31.3. The number of ether oxygens (including phenoxy) is 3. The van der Waals surface area contributed by atoms with Gasteiger partial charge in [-0.2, -0.15) is 0 Å². The van der Waals surface area contributed by atoms with Gasteiger partial charge < -0.3 is 24.8 Å². The van der Waals surface area contributed by atoms with Gasteiger partial charge >= 0.3 is 0 Å². The zero-order chi connectivity index (χ0) is 35.6. The normalized spacial score (nSPS) is 12.3. The van der Waals surface area contributed by atoms with Gasteiger partial charge in [0.15, 0.2) is 14.7 Å². The van der Waals surface area contributed by atoms with E-state index in [-0.39, 0.29) is 10.9 Å². The van der Waals surface area contributed by atoms with Crippen molar-refractivity contribution in [1.29, 1.82) is 0 Å². The monoisotopic (exact) mass is 747 g/mol. The lowest BCUT2D eigenvalue weighted by Crippen LogP contribution is -2.06. The number of methoxy groups -OCH3 is 1. The number of anilines is 4. The van der Waals surface area contributed by atoms with E-state index < -0.39 is 0 Å². The Bertz CT molecular complexity index is 2250. The van der Waals surface area contributed by atoms with Crippen LogP contribution >= 0.6 is 23.5 Å². The summed E-state index contributed by atoms with van der Waals surface area (Å²) >= 11 is 3.59. The van der Waals surface area contributed by atoms with E-state index in [1.165, 1.54) is 34.3 Å². The lowest BCUT2D eigenvalue weighted by molar-refractivity contribution is 0.306. The molecular weight excluding hydrogens is 713 g/mol. The van der Waals surface area contributed by atoms with E-state index in [0.29, 0.717) is 13.2 Å². The summed E-state index contributed by atoms with van der Waals surface area (Å²) in [5.74, 6) is 2.51. The number of nitrogens with one attached hydrogen (secondary N) is 2. The summed E-state index contributed by atoms with van der Waals surface area (Å²) in [6.45, 7) is 0.975. The van der Waals surface area contributed by atoms with Crippen molar-refractivity contribution in [2.24, 2.45) is 0 Å². The average molecular weight is 748 g/mol. The predicted octanol–water partition coefficient (Wildman–Crippen LogP) is 12.4. The second-order valence-electron chi connectivity index (χ2n) is 12.6. The van der Waals surface area contributed by atoms with Crippen LogP contribution in [0.2, 0.25) is 0 Å². The predicted molar refractivity (Wildman–Crippen MR) is 217 cm³/mol. The molecular formula is C45H35N2O3S3+. The summed E-state index contributed by atoms with van der Waals surface area (Å²) in [7, 11) is 1.35. The topological polar surface area (TPSA) is 51.8 Å². The summed E-state index contributed by atoms with van der Waals surface area (Å²) in [5.41, 5.74) is 6.75. The highest BCUT2D eigenvalue weighted by Crippen LogP contribution is 2.45. The van der Waals surface area contributed by atoms with Crippen molar-refractivity contribution in [3.8, 4) is 17.2 Å². The molecule has 2 aliphatic rings. The van der Waals surface area contributed by atoms with Gasteiger partial charge in [-0.15, -0.1) is 0 Å². The SMILES string of the molecule is COc1ccc([S+](c2ccc(OCc3ccc4c(c3)Nc3ccccc3S4)cc2)c2ccc(OCc3ccc4c(c3)Nc3ccccc3S4)cc2)cc1. The van der Waals surface area contributed by atoms with E-state index in [4.69, 9.17) is 14.2 Å². The Balaban J connectivity index is 0.886. The first-order valence-electron chi connectivity index (χ1n) is 17.3. The van der Waals surface area contributed by atoms with Gasteiger partial charge in [0.05, 0.1) is 40.8 Å². The van der Waals surface area contributed by atoms with Crippen molar-refractivity contribution in [3.63, 3.8) is 0 Å². The number of fused-ring (bicyclic) bond motifs is 4. The lowest BCUT2D eigenvalue weighted by atomic mass is 10.2. The van der Waals surface area contributed by atoms with Crippen LogP contribution in [0.4, 0.5) is 22.7 Å². The van der Waals surface area contributed by atoms with Crippen molar-refractivity contribution in [2.45, 2.75) is 47.5 Å². The molecule has 0 amide bonds. The van der Waals surface area contributed by atoms with Gasteiger partial charge in [0.2, 0.25) is 0 Å². The average Bonchev–Trinajstić information content (AvgIpc) is 3.21. The van der Waals surface area contributed by atoms with Crippen LogP contribution in [0.1, 0.15) is 11.1 Å². The third-order valence-corrected chi connectivity index (χ3v) is 13.6. The lowest BCUT2D eigenvalue weighted by Gasteiger charge is -2.21. The minimum Gasteiger partial charge on any atom is -0.497 e. The van der Waals surface area contributed by atoms with Crippen LogP contribution in [0, 0.1) is 0 Å². The van der Waals surface area contributed by atoms with Crippen LogP contribution in [0.3, 0.4) is 0 Å². The molecule has 7 aromatic carbocycles. The maximum Gasteiger partial charge on any atom is 0.166 e. The van der Waals surface area contributed by atoms with E-state index >= 15 is 0 Å². The summed E-state index contributed by atoms with van der Waals surface area (Å²) in [6.07, 6.45) is 0. The minimum atomic E-state index is -0.349. The smallest absolute Gasteiger partial charge is 0.166 e. The first kappa shape index (κ1) is 33.4. The van der Waals surface area contributed by atoms with E-state index in [2.05, 4.69) is 156 Å². The van der Waals surface area contributed by atoms with Crippen LogP contribution in [0.25, 0.3) is 0 Å². The van der Waals surface area contributed by atoms with Crippen LogP contribution in [-0.4, -0.2) is 7.11 Å². The molecule has 0 saturated carbocycles. The molecule has 0 atom stereocenters. The number of benzene rings is 7. The van der Waals surface area contributed by atoms with Crippen LogP contribution in [0.5, 0.6) is 17.2 Å². The first-order valence-corrected chi connectivity index (χ1v) is 20.2. The molecule has 8 heteroatoms. The maximum absolute atomic E-state index is 6.28. The quantitative estimate of drug-likeness (QED) is 0.135. The first-order chi connectivity index (χ1) is 26.1. The van der Waals surface area contributed by atoms with E-state index in [0.717, 1.165) is 51.1 Å². The number of para-hydroxylation sites is 2. The molecule has 260 valence electrons. The van der Waals surface area contributed by atoms with Gasteiger partial charge in [0, 0.05) is 19.6 Å². The molecule has 53 heavy (non-hydrogen) atoms.